The van der Waals surface area contributed by atoms with Crippen LogP contribution in [0.4, 0.5) is 11.4 Å². The van der Waals surface area contributed by atoms with E-state index >= 15 is 0 Å². The van der Waals surface area contributed by atoms with Gasteiger partial charge in [0, 0.05) is 37.1 Å². The number of carbonyl (C=O) groups excluding carboxylic acids is 1. The Kier molecular flexibility index (Phi) is 5.55. The fraction of sp³-hybridized carbons (Fsp3) is 0.588. The maximum Gasteiger partial charge on any atom is 0.227 e. The van der Waals surface area contributed by atoms with Crippen molar-refractivity contribution in [1.82, 2.24) is 4.31 Å². The molecule has 2 aliphatic heterocycles. The zero-order chi connectivity index (χ0) is 18.0. The standard InChI is InChI=1S/C17H24ClN3O3S/c1-25(23,24)21-10-6-13(7-11-21)17(22)19-15-12-14(18)4-5-16(15)20-8-2-3-9-20/h4-5,12-13H,2-3,6-11H2,1H3,(H,19,22). The van der Waals surface area contributed by atoms with Gasteiger partial charge in [-0.3, -0.25) is 4.79 Å². The molecule has 2 fully saturated rings. The molecule has 0 saturated carbocycles. The summed E-state index contributed by atoms with van der Waals surface area (Å²) in [7, 11) is -3.18. The SMILES string of the molecule is CS(=O)(=O)N1CCC(C(=O)Nc2cc(Cl)ccc2N2CCCC2)CC1. The van der Waals surface area contributed by atoms with Crippen LogP contribution in [-0.4, -0.2) is 51.1 Å². The highest BCUT2D eigenvalue weighted by Crippen LogP contribution is 2.32. The van der Waals surface area contributed by atoms with E-state index in [0.717, 1.165) is 37.3 Å². The maximum atomic E-state index is 12.7. The summed E-state index contributed by atoms with van der Waals surface area (Å²) < 4.78 is 24.6. The third kappa shape index (κ3) is 4.46. The van der Waals surface area contributed by atoms with E-state index < -0.39 is 10.0 Å². The van der Waals surface area contributed by atoms with Crippen molar-refractivity contribution in [2.45, 2.75) is 25.7 Å². The number of nitrogens with zero attached hydrogens (tertiary/aromatic N) is 2. The predicted octanol–water partition coefficient (Wildman–Crippen LogP) is 2.55. The van der Waals surface area contributed by atoms with Crippen molar-refractivity contribution < 1.29 is 13.2 Å². The molecule has 1 aromatic carbocycles. The summed E-state index contributed by atoms with van der Waals surface area (Å²) in [6.07, 6.45) is 4.60. The normalized spacial score (nSPS) is 20.0. The van der Waals surface area contributed by atoms with Crippen LogP contribution >= 0.6 is 11.6 Å². The number of sulfonamides is 1. The summed E-state index contributed by atoms with van der Waals surface area (Å²) in [5.41, 5.74) is 1.74. The van der Waals surface area contributed by atoms with Gasteiger partial charge >= 0.3 is 0 Å². The minimum Gasteiger partial charge on any atom is -0.370 e. The van der Waals surface area contributed by atoms with Crippen LogP contribution in [0, 0.1) is 5.92 Å². The number of hydrogen-bond acceptors (Lipinski definition) is 4. The lowest BCUT2D eigenvalue weighted by Gasteiger charge is -2.30. The van der Waals surface area contributed by atoms with Crippen molar-refractivity contribution in [1.29, 1.82) is 0 Å². The molecule has 25 heavy (non-hydrogen) atoms. The first-order valence-electron chi connectivity index (χ1n) is 8.65. The number of rotatable bonds is 4. The summed E-state index contributed by atoms with van der Waals surface area (Å²) >= 11 is 6.12. The molecule has 8 heteroatoms. The zero-order valence-corrected chi connectivity index (χ0v) is 15.9. The van der Waals surface area contributed by atoms with Gasteiger partial charge in [0.15, 0.2) is 0 Å². The van der Waals surface area contributed by atoms with Crippen LogP contribution in [0.1, 0.15) is 25.7 Å². The molecule has 0 aromatic heterocycles. The second kappa shape index (κ2) is 7.51. The van der Waals surface area contributed by atoms with Crippen LogP contribution in [0.15, 0.2) is 18.2 Å². The van der Waals surface area contributed by atoms with Crippen molar-refractivity contribution in [3.63, 3.8) is 0 Å². The number of benzene rings is 1. The van der Waals surface area contributed by atoms with Crippen LogP contribution in [-0.2, 0) is 14.8 Å². The lowest BCUT2D eigenvalue weighted by Crippen LogP contribution is -2.41. The molecule has 6 nitrogen and oxygen atoms in total. The van der Waals surface area contributed by atoms with Crippen LogP contribution in [0.25, 0.3) is 0 Å². The van der Waals surface area contributed by atoms with E-state index in [1.54, 1.807) is 6.07 Å². The van der Waals surface area contributed by atoms with E-state index in [4.69, 9.17) is 11.6 Å². The van der Waals surface area contributed by atoms with E-state index in [1.165, 1.54) is 10.6 Å². The molecule has 0 atom stereocenters. The summed E-state index contributed by atoms with van der Waals surface area (Å²) in [5.74, 6) is -0.237. The molecule has 1 amide bonds. The fourth-order valence-electron chi connectivity index (χ4n) is 3.53. The van der Waals surface area contributed by atoms with Gasteiger partial charge in [-0.05, 0) is 43.9 Å². The van der Waals surface area contributed by atoms with E-state index in [9.17, 15) is 13.2 Å². The number of piperidine rings is 1. The number of carbonyl (C=O) groups is 1. The number of anilines is 2. The van der Waals surface area contributed by atoms with Gasteiger partial charge in [0.05, 0.1) is 17.6 Å². The van der Waals surface area contributed by atoms with Crippen LogP contribution in [0.3, 0.4) is 0 Å². The Morgan fingerprint density at radius 1 is 1.16 bits per heavy atom. The molecule has 138 valence electrons. The molecule has 2 saturated heterocycles. The summed E-state index contributed by atoms with van der Waals surface area (Å²) in [6, 6.07) is 5.59. The Bertz CT molecular complexity index is 740. The Morgan fingerprint density at radius 2 is 1.80 bits per heavy atom. The van der Waals surface area contributed by atoms with Crippen LogP contribution in [0.2, 0.25) is 5.02 Å². The first-order chi connectivity index (χ1) is 11.8. The van der Waals surface area contributed by atoms with Crippen molar-refractivity contribution in [3.8, 4) is 0 Å². The highest BCUT2D eigenvalue weighted by molar-refractivity contribution is 7.88. The smallest absolute Gasteiger partial charge is 0.227 e. The average Bonchev–Trinajstić information content (AvgIpc) is 3.08. The number of hydrogen-bond donors (Lipinski definition) is 1. The van der Waals surface area contributed by atoms with Gasteiger partial charge in [-0.1, -0.05) is 11.6 Å². The van der Waals surface area contributed by atoms with Crippen molar-refractivity contribution in [2.24, 2.45) is 5.92 Å². The number of nitrogens with one attached hydrogen (secondary N) is 1. The molecule has 1 N–H and O–H groups in total. The molecule has 0 unspecified atom stereocenters. The van der Waals surface area contributed by atoms with Gasteiger partial charge < -0.3 is 10.2 Å². The molecule has 3 rings (SSSR count). The van der Waals surface area contributed by atoms with Crippen molar-refractivity contribution in [2.75, 3.05) is 42.7 Å². The predicted molar refractivity (Wildman–Crippen MR) is 101 cm³/mol. The largest absolute Gasteiger partial charge is 0.370 e. The van der Waals surface area contributed by atoms with E-state index in [0.29, 0.717) is 31.0 Å². The first kappa shape index (κ1) is 18.5. The van der Waals surface area contributed by atoms with Gasteiger partial charge in [0.1, 0.15) is 0 Å². The molecule has 0 radical (unpaired) electrons. The molecule has 0 aliphatic carbocycles. The quantitative estimate of drug-likeness (QED) is 0.864. The summed E-state index contributed by atoms with van der Waals surface area (Å²) in [5, 5.41) is 3.61. The van der Waals surface area contributed by atoms with Gasteiger partial charge in [0.2, 0.25) is 15.9 Å². The molecular formula is C17H24ClN3O3S. The second-order valence-corrected chi connectivity index (χ2v) is 9.20. The van der Waals surface area contributed by atoms with Crippen LogP contribution in [0.5, 0.6) is 0 Å². The molecule has 0 bridgehead atoms. The minimum absolute atomic E-state index is 0.0594. The monoisotopic (exact) mass is 385 g/mol. The molecule has 2 heterocycles. The number of amides is 1. The Balaban J connectivity index is 1.68. The molecular weight excluding hydrogens is 362 g/mol. The van der Waals surface area contributed by atoms with Gasteiger partial charge in [-0.25, -0.2) is 12.7 Å². The average molecular weight is 386 g/mol. The highest BCUT2D eigenvalue weighted by Gasteiger charge is 2.29. The molecule has 0 spiro atoms. The van der Waals surface area contributed by atoms with Gasteiger partial charge in [-0.2, -0.15) is 0 Å². The fourth-order valence-corrected chi connectivity index (χ4v) is 4.57. The highest BCUT2D eigenvalue weighted by atomic mass is 35.5. The summed E-state index contributed by atoms with van der Waals surface area (Å²) in [6.45, 7) is 2.76. The zero-order valence-electron chi connectivity index (χ0n) is 14.4. The number of halogens is 1. The maximum absolute atomic E-state index is 12.7. The minimum atomic E-state index is -3.18. The Morgan fingerprint density at radius 3 is 2.40 bits per heavy atom. The Hall–Kier alpha value is -1.31. The van der Waals surface area contributed by atoms with E-state index in [-0.39, 0.29) is 11.8 Å². The summed E-state index contributed by atoms with van der Waals surface area (Å²) in [4.78, 5) is 14.9. The van der Waals surface area contributed by atoms with E-state index in [2.05, 4.69) is 10.2 Å². The third-order valence-electron chi connectivity index (χ3n) is 4.96. The lowest BCUT2D eigenvalue weighted by atomic mass is 9.97. The van der Waals surface area contributed by atoms with Crippen LogP contribution < -0.4 is 10.2 Å². The van der Waals surface area contributed by atoms with Gasteiger partial charge in [0.25, 0.3) is 0 Å². The third-order valence-corrected chi connectivity index (χ3v) is 6.50. The Labute approximate surface area is 154 Å². The topological polar surface area (TPSA) is 69.7 Å². The lowest BCUT2D eigenvalue weighted by molar-refractivity contribution is -0.120. The molecule has 1 aromatic rings. The van der Waals surface area contributed by atoms with Gasteiger partial charge in [-0.15, -0.1) is 0 Å². The van der Waals surface area contributed by atoms with Crippen molar-refractivity contribution in [3.05, 3.63) is 23.2 Å². The van der Waals surface area contributed by atoms with E-state index in [1.807, 2.05) is 12.1 Å². The second-order valence-electron chi connectivity index (χ2n) is 6.78. The first-order valence-corrected chi connectivity index (χ1v) is 10.9. The van der Waals surface area contributed by atoms with Crippen molar-refractivity contribution >= 4 is 38.9 Å². The molecule has 2 aliphatic rings.